The topological polar surface area (TPSA) is 54.8 Å². The van der Waals surface area contributed by atoms with Gasteiger partial charge in [-0.25, -0.2) is 9.78 Å². The molecule has 1 aromatic rings. The SMILES string of the molecule is CC[C@H](C)N(C(=O)OC(C)(C)C)c1ccc(C2=NCCCC2)cn1. The second-order valence-electron chi connectivity index (χ2n) is 7.30. The molecule has 0 fully saturated rings. The quantitative estimate of drug-likeness (QED) is 0.810. The number of aromatic nitrogens is 1. The molecule has 0 radical (unpaired) electrons. The Hall–Kier alpha value is -1.91. The Morgan fingerprint density at radius 1 is 1.33 bits per heavy atom. The number of hydrogen-bond acceptors (Lipinski definition) is 4. The van der Waals surface area contributed by atoms with Crippen molar-refractivity contribution in [1.29, 1.82) is 0 Å². The molecule has 5 nitrogen and oxygen atoms in total. The fourth-order valence-electron chi connectivity index (χ4n) is 2.63. The first-order valence-corrected chi connectivity index (χ1v) is 8.84. The number of carbonyl (C=O) groups excluding carboxylic acids is 1. The lowest BCUT2D eigenvalue weighted by molar-refractivity contribution is 0.0566. The van der Waals surface area contributed by atoms with Gasteiger partial charge in [0.1, 0.15) is 11.4 Å². The van der Waals surface area contributed by atoms with Crippen molar-refractivity contribution in [2.75, 3.05) is 11.4 Å². The van der Waals surface area contributed by atoms with Gasteiger partial charge in [-0.15, -0.1) is 0 Å². The molecule has 1 aliphatic heterocycles. The highest BCUT2D eigenvalue weighted by atomic mass is 16.6. The van der Waals surface area contributed by atoms with Gasteiger partial charge in [-0.2, -0.15) is 0 Å². The van der Waals surface area contributed by atoms with Gasteiger partial charge in [0, 0.05) is 30.1 Å². The number of rotatable bonds is 4. The monoisotopic (exact) mass is 331 g/mol. The Bertz CT molecular complexity index is 588. The van der Waals surface area contributed by atoms with Crippen LogP contribution in [0.15, 0.2) is 23.3 Å². The van der Waals surface area contributed by atoms with E-state index in [1.165, 1.54) is 6.42 Å². The molecular weight excluding hydrogens is 302 g/mol. The third-order valence-electron chi connectivity index (χ3n) is 4.07. The minimum Gasteiger partial charge on any atom is -0.443 e. The molecule has 0 saturated carbocycles. The number of nitrogens with zero attached hydrogens (tertiary/aromatic N) is 3. The summed E-state index contributed by atoms with van der Waals surface area (Å²) in [7, 11) is 0. The summed E-state index contributed by atoms with van der Waals surface area (Å²) in [5.74, 6) is 0.624. The molecule has 5 heteroatoms. The van der Waals surface area contributed by atoms with Crippen molar-refractivity contribution >= 4 is 17.6 Å². The number of anilines is 1. The standard InChI is InChI=1S/C19H29N3O2/c1-6-14(2)22(18(23)24-19(3,4)5)17-11-10-15(13-21-17)16-9-7-8-12-20-16/h10-11,13-14H,6-9,12H2,1-5H3/t14-/m0/s1. The normalized spacial score (nSPS) is 16.3. The summed E-state index contributed by atoms with van der Waals surface area (Å²) in [5, 5.41) is 0. The van der Waals surface area contributed by atoms with Crippen molar-refractivity contribution in [3.05, 3.63) is 23.9 Å². The molecule has 0 spiro atoms. The van der Waals surface area contributed by atoms with Gasteiger partial charge in [-0.05, 0) is 65.5 Å². The Kier molecular flexibility index (Phi) is 5.97. The lowest BCUT2D eigenvalue weighted by Gasteiger charge is -2.30. The highest BCUT2D eigenvalue weighted by molar-refractivity contribution is 6.01. The third kappa shape index (κ3) is 4.79. The van der Waals surface area contributed by atoms with Crippen LogP contribution in [0.3, 0.4) is 0 Å². The number of pyridine rings is 1. The molecule has 132 valence electrons. The van der Waals surface area contributed by atoms with Crippen molar-refractivity contribution in [2.45, 2.75) is 71.9 Å². The smallest absolute Gasteiger partial charge is 0.416 e. The predicted molar refractivity (Wildman–Crippen MR) is 98.0 cm³/mol. The largest absolute Gasteiger partial charge is 0.443 e. The van der Waals surface area contributed by atoms with Crippen molar-refractivity contribution in [1.82, 2.24) is 4.98 Å². The van der Waals surface area contributed by atoms with Gasteiger partial charge >= 0.3 is 6.09 Å². The number of ether oxygens (including phenoxy) is 1. The molecule has 0 aliphatic carbocycles. The second kappa shape index (κ2) is 7.77. The molecule has 24 heavy (non-hydrogen) atoms. The van der Waals surface area contributed by atoms with E-state index in [9.17, 15) is 4.79 Å². The Morgan fingerprint density at radius 2 is 2.08 bits per heavy atom. The zero-order valence-corrected chi connectivity index (χ0v) is 15.5. The molecule has 0 saturated heterocycles. The first kappa shape index (κ1) is 18.4. The zero-order chi connectivity index (χ0) is 17.7. The highest BCUT2D eigenvalue weighted by Gasteiger charge is 2.27. The number of amides is 1. The van der Waals surface area contributed by atoms with Gasteiger partial charge in [-0.3, -0.25) is 9.89 Å². The second-order valence-corrected chi connectivity index (χ2v) is 7.30. The summed E-state index contributed by atoms with van der Waals surface area (Å²) < 4.78 is 5.55. The van der Waals surface area contributed by atoms with Crippen LogP contribution in [0.2, 0.25) is 0 Å². The van der Waals surface area contributed by atoms with Crippen LogP contribution in [-0.4, -0.2) is 35.0 Å². The van der Waals surface area contributed by atoms with E-state index in [0.717, 1.165) is 37.1 Å². The fraction of sp³-hybridized carbons (Fsp3) is 0.632. The van der Waals surface area contributed by atoms with Crippen LogP contribution in [0.5, 0.6) is 0 Å². The van der Waals surface area contributed by atoms with Crippen LogP contribution in [0.25, 0.3) is 0 Å². The molecule has 0 N–H and O–H groups in total. The van der Waals surface area contributed by atoms with Crippen LogP contribution in [0.1, 0.15) is 65.9 Å². The van der Waals surface area contributed by atoms with E-state index in [1.54, 1.807) is 4.90 Å². The average Bonchev–Trinajstić information content (AvgIpc) is 2.54. The van der Waals surface area contributed by atoms with Crippen LogP contribution in [0.4, 0.5) is 10.6 Å². The highest BCUT2D eigenvalue weighted by Crippen LogP contribution is 2.21. The van der Waals surface area contributed by atoms with Gasteiger partial charge in [0.25, 0.3) is 0 Å². The first-order chi connectivity index (χ1) is 11.3. The summed E-state index contributed by atoms with van der Waals surface area (Å²) >= 11 is 0. The molecule has 0 unspecified atom stereocenters. The van der Waals surface area contributed by atoms with Crippen LogP contribution in [-0.2, 0) is 4.74 Å². The molecule has 0 bridgehead atoms. The average molecular weight is 331 g/mol. The Morgan fingerprint density at radius 3 is 2.58 bits per heavy atom. The van der Waals surface area contributed by atoms with E-state index < -0.39 is 5.60 Å². The van der Waals surface area contributed by atoms with Crippen LogP contribution >= 0.6 is 0 Å². The maximum Gasteiger partial charge on any atom is 0.416 e. The minimum atomic E-state index is -0.528. The first-order valence-electron chi connectivity index (χ1n) is 8.84. The molecule has 1 amide bonds. The zero-order valence-electron chi connectivity index (χ0n) is 15.5. The predicted octanol–water partition coefficient (Wildman–Crippen LogP) is 4.59. The van der Waals surface area contributed by atoms with Crippen molar-refractivity contribution < 1.29 is 9.53 Å². The van der Waals surface area contributed by atoms with E-state index in [4.69, 9.17) is 4.74 Å². The van der Waals surface area contributed by atoms with E-state index >= 15 is 0 Å². The van der Waals surface area contributed by atoms with E-state index in [1.807, 2.05) is 52.9 Å². The summed E-state index contributed by atoms with van der Waals surface area (Å²) in [6.07, 6.45) is 5.64. The molecule has 0 aromatic carbocycles. The van der Waals surface area contributed by atoms with E-state index in [0.29, 0.717) is 5.82 Å². The molecule has 1 aliphatic rings. The maximum atomic E-state index is 12.6. The van der Waals surface area contributed by atoms with Crippen molar-refractivity contribution in [3.8, 4) is 0 Å². The summed E-state index contributed by atoms with van der Waals surface area (Å²) in [6.45, 7) is 10.6. The summed E-state index contributed by atoms with van der Waals surface area (Å²) in [5.41, 5.74) is 1.64. The minimum absolute atomic E-state index is 0.0187. The van der Waals surface area contributed by atoms with E-state index in [2.05, 4.69) is 9.98 Å². The van der Waals surface area contributed by atoms with Gasteiger partial charge in [0.15, 0.2) is 0 Å². The lowest BCUT2D eigenvalue weighted by Crippen LogP contribution is -2.42. The van der Waals surface area contributed by atoms with Gasteiger partial charge in [-0.1, -0.05) is 6.92 Å². The Labute approximate surface area is 145 Å². The number of carbonyl (C=O) groups is 1. The molecule has 2 heterocycles. The van der Waals surface area contributed by atoms with Gasteiger partial charge < -0.3 is 4.74 Å². The molecule has 1 atom stereocenters. The fourth-order valence-corrected chi connectivity index (χ4v) is 2.63. The third-order valence-corrected chi connectivity index (χ3v) is 4.07. The molecular formula is C19H29N3O2. The van der Waals surface area contributed by atoms with Gasteiger partial charge in [0.2, 0.25) is 0 Å². The lowest BCUT2D eigenvalue weighted by atomic mass is 10.0. The molecule has 1 aromatic heterocycles. The summed E-state index contributed by atoms with van der Waals surface area (Å²) in [4.78, 5) is 23.3. The van der Waals surface area contributed by atoms with Crippen LogP contribution in [0, 0.1) is 0 Å². The molecule has 2 rings (SSSR count). The van der Waals surface area contributed by atoms with Crippen molar-refractivity contribution in [3.63, 3.8) is 0 Å². The van der Waals surface area contributed by atoms with Crippen LogP contribution < -0.4 is 4.90 Å². The summed E-state index contributed by atoms with van der Waals surface area (Å²) in [6, 6.07) is 3.92. The Balaban J connectivity index is 2.23. The maximum absolute atomic E-state index is 12.6. The van der Waals surface area contributed by atoms with E-state index in [-0.39, 0.29) is 12.1 Å². The van der Waals surface area contributed by atoms with Crippen molar-refractivity contribution in [2.24, 2.45) is 4.99 Å². The number of hydrogen-bond donors (Lipinski definition) is 0. The number of aliphatic imine (C=N–C) groups is 1. The van der Waals surface area contributed by atoms with Gasteiger partial charge in [0.05, 0.1) is 0 Å².